The van der Waals surface area contributed by atoms with Crippen LogP contribution in [0.25, 0.3) is 0 Å². The van der Waals surface area contributed by atoms with E-state index in [2.05, 4.69) is 20.2 Å². The standard InChI is InChI=1S/C16H21N5OS/c1-19(2)15-14(4-3-5-17-15)16(22)21-8-6-20(7-9-21)10-13-11-23-12-18-13/h3-5,11-12H,6-10H2,1-2H3. The molecule has 0 saturated carbocycles. The predicted octanol–water partition coefficient (Wildman–Crippen LogP) is 1.56. The second kappa shape index (κ2) is 7.06. The third-order valence-corrected chi connectivity index (χ3v) is 4.60. The van der Waals surface area contributed by atoms with Gasteiger partial charge in [-0.1, -0.05) is 0 Å². The van der Waals surface area contributed by atoms with E-state index in [1.54, 1.807) is 17.5 Å². The lowest BCUT2D eigenvalue weighted by molar-refractivity contribution is 0.0627. The highest BCUT2D eigenvalue weighted by molar-refractivity contribution is 7.07. The number of nitrogens with zero attached hydrogens (tertiary/aromatic N) is 5. The molecule has 0 aromatic carbocycles. The molecule has 3 rings (SSSR count). The van der Waals surface area contributed by atoms with Gasteiger partial charge in [0.05, 0.1) is 16.8 Å². The molecule has 3 heterocycles. The Morgan fingerprint density at radius 1 is 1.26 bits per heavy atom. The number of amides is 1. The molecule has 0 N–H and O–H groups in total. The van der Waals surface area contributed by atoms with E-state index in [9.17, 15) is 4.79 Å². The number of anilines is 1. The maximum Gasteiger partial charge on any atom is 0.257 e. The van der Waals surface area contributed by atoms with Crippen molar-refractivity contribution in [3.63, 3.8) is 0 Å². The highest BCUT2D eigenvalue weighted by atomic mass is 32.1. The fourth-order valence-electron chi connectivity index (χ4n) is 2.74. The Bertz CT molecular complexity index is 650. The van der Waals surface area contributed by atoms with Gasteiger partial charge in [-0.3, -0.25) is 9.69 Å². The molecule has 1 aliphatic rings. The van der Waals surface area contributed by atoms with Gasteiger partial charge in [-0.05, 0) is 12.1 Å². The average Bonchev–Trinajstić information content (AvgIpc) is 3.08. The van der Waals surface area contributed by atoms with Crippen LogP contribution in [0.15, 0.2) is 29.2 Å². The molecular formula is C16H21N5OS. The third kappa shape index (κ3) is 3.68. The summed E-state index contributed by atoms with van der Waals surface area (Å²) >= 11 is 1.62. The second-order valence-electron chi connectivity index (χ2n) is 5.82. The summed E-state index contributed by atoms with van der Waals surface area (Å²) in [6.45, 7) is 4.10. The van der Waals surface area contributed by atoms with E-state index in [1.165, 1.54) is 0 Å². The fourth-order valence-corrected chi connectivity index (χ4v) is 3.29. The molecule has 0 bridgehead atoms. The zero-order chi connectivity index (χ0) is 16.2. The number of carbonyl (C=O) groups excluding carboxylic acids is 1. The van der Waals surface area contributed by atoms with Crippen molar-refractivity contribution in [1.82, 2.24) is 19.8 Å². The number of piperazine rings is 1. The van der Waals surface area contributed by atoms with Gasteiger partial charge in [-0.15, -0.1) is 11.3 Å². The summed E-state index contributed by atoms with van der Waals surface area (Å²) in [5.74, 6) is 0.789. The van der Waals surface area contributed by atoms with Crippen molar-refractivity contribution < 1.29 is 4.79 Å². The van der Waals surface area contributed by atoms with Crippen LogP contribution in [-0.2, 0) is 6.54 Å². The molecule has 1 aliphatic heterocycles. The molecule has 0 atom stereocenters. The fraction of sp³-hybridized carbons (Fsp3) is 0.438. The summed E-state index contributed by atoms with van der Waals surface area (Å²) in [5, 5.41) is 2.08. The Labute approximate surface area is 140 Å². The SMILES string of the molecule is CN(C)c1ncccc1C(=O)N1CCN(Cc2cscn2)CC1. The van der Waals surface area contributed by atoms with Crippen molar-refractivity contribution in [2.45, 2.75) is 6.54 Å². The second-order valence-corrected chi connectivity index (χ2v) is 6.54. The molecule has 1 fully saturated rings. The van der Waals surface area contributed by atoms with Crippen molar-refractivity contribution in [1.29, 1.82) is 0 Å². The van der Waals surface area contributed by atoms with E-state index in [-0.39, 0.29) is 5.91 Å². The first-order chi connectivity index (χ1) is 11.1. The highest BCUT2D eigenvalue weighted by Gasteiger charge is 2.24. The van der Waals surface area contributed by atoms with Gasteiger partial charge in [-0.25, -0.2) is 9.97 Å². The summed E-state index contributed by atoms with van der Waals surface area (Å²) in [4.78, 5) is 27.6. The smallest absolute Gasteiger partial charge is 0.257 e. The van der Waals surface area contributed by atoms with Crippen LogP contribution in [0.4, 0.5) is 5.82 Å². The lowest BCUT2D eigenvalue weighted by Crippen LogP contribution is -2.48. The third-order valence-electron chi connectivity index (χ3n) is 3.97. The number of hydrogen-bond donors (Lipinski definition) is 0. The number of pyridine rings is 1. The van der Waals surface area contributed by atoms with Crippen LogP contribution in [0.1, 0.15) is 16.1 Å². The topological polar surface area (TPSA) is 52.6 Å². The average molecular weight is 331 g/mol. The number of thiazole rings is 1. The molecule has 1 amide bonds. The van der Waals surface area contributed by atoms with Crippen molar-refractivity contribution >= 4 is 23.1 Å². The molecule has 122 valence electrons. The lowest BCUT2D eigenvalue weighted by atomic mass is 10.2. The Morgan fingerprint density at radius 3 is 2.70 bits per heavy atom. The molecule has 7 heteroatoms. The molecule has 0 spiro atoms. The van der Waals surface area contributed by atoms with Crippen molar-refractivity contribution in [2.75, 3.05) is 45.2 Å². The normalized spacial score (nSPS) is 15.7. The van der Waals surface area contributed by atoms with Crippen LogP contribution < -0.4 is 4.90 Å². The van der Waals surface area contributed by atoms with Crippen molar-refractivity contribution in [2.24, 2.45) is 0 Å². The number of carbonyl (C=O) groups is 1. The minimum atomic E-state index is 0.0649. The Morgan fingerprint density at radius 2 is 2.04 bits per heavy atom. The molecule has 2 aromatic rings. The Kier molecular flexibility index (Phi) is 4.88. The van der Waals surface area contributed by atoms with E-state index in [0.29, 0.717) is 5.56 Å². The van der Waals surface area contributed by atoms with Gasteiger partial charge in [-0.2, -0.15) is 0 Å². The zero-order valence-electron chi connectivity index (χ0n) is 13.5. The van der Waals surface area contributed by atoms with Crippen LogP contribution in [0.5, 0.6) is 0 Å². The summed E-state index contributed by atoms with van der Waals surface area (Å²) in [5.41, 5.74) is 3.64. The first kappa shape index (κ1) is 15.9. The first-order valence-corrected chi connectivity index (χ1v) is 8.60. The van der Waals surface area contributed by atoms with E-state index in [0.717, 1.165) is 44.2 Å². The molecule has 23 heavy (non-hydrogen) atoms. The van der Waals surface area contributed by atoms with Gasteiger partial charge in [0.25, 0.3) is 5.91 Å². The van der Waals surface area contributed by atoms with Crippen molar-refractivity contribution in [3.05, 3.63) is 40.5 Å². The summed E-state index contributed by atoms with van der Waals surface area (Å²) in [6.07, 6.45) is 1.72. The highest BCUT2D eigenvalue weighted by Crippen LogP contribution is 2.18. The monoisotopic (exact) mass is 331 g/mol. The minimum Gasteiger partial charge on any atom is -0.362 e. The van der Waals surface area contributed by atoms with Gasteiger partial charge in [0.1, 0.15) is 5.82 Å². The quantitative estimate of drug-likeness (QED) is 0.851. The molecular weight excluding hydrogens is 310 g/mol. The van der Waals surface area contributed by atoms with E-state index in [1.807, 2.05) is 41.5 Å². The molecule has 0 aliphatic carbocycles. The Hall–Kier alpha value is -1.99. The van der Waals surface area contributed by atoms with E-state index in [4.69, 9.17) is 0 Å². The van der Waals surface area contributed by atoms with Crippen LogP contribution >= 0.6 is 11.3 Å². The molecule has 2 aromatic heterocycles. The van der Waals surface area contributed by atoms with Crippen LogP contribution in [-0.4, -0.2) is 65.9 Å². The van der Waals surface area contributed by atoms with Gasteiger partial charge in [0.2, 0.25) is 0 Å². The molecule has 1 saturated heterocycles. The Balaban J connectivity index is 1.62. The number of hydrogen-bond acceptors (Lipinski definition) is 6. The predicted molar refractivity (Wildman–Crippen MR) is 91.9 cm³/mol. The van der Waals surface area contributed by atoms with Gasteiger partial charge in [0.15, 0.2) is 0 Å². The van der Waals surface area contributed by atoms with Gasteiger partial charge >= 0.3 is 0 Å². The summed E-state index contributed by atoms with van der Waals surface area (Å²) in [7, 11) is 3.82. The maximum atomic E-state index is 12.8. The largest absolute Gasteiger partial charge is 0.362 e. The van der Waals surface area contributed by atoms with Crippen LogP contribution in [0, 0.1) is 0 Å². The van der Waals surface area contributed by atoms with E-state index >= 15 is 0 Å². The number of rotatable bonds is 4. The molecule has 0 radical (unpaired) electrons. The maximum absolute atomic E-state index is 12.8. The summed E-state index contributed by atoms with van der Waals surface area (Å²) < 4.78 is 0. The van der Waals surface area contributed by atoms with Crippen molar-refractivity contribution in [3.8, 4) is 0 Å². The lowest BCUT2D eigenvalue weighted by Gasteiger charge is -2.34. The number of aromatic nitrogens is 2. The molecule has 0 unspecified atom stereocenters. The van der Waals surface area contributed by atoms with Crippen LogP contribution in [0.2, 0.25) is 0 Å². The minimum absolute atomic E-state index is 0.0649. The molecule has 6 nitrogen and oxygen atoms in total. The summed E-state index contributed by atoms with van der Waals surface area (Å²) in [6, 6.07) is 3.67. The van der Waals surface area contributed by atoms with Gasteiger partial charge in [0, 0.05) is 58.4 Å². The zero-order valence-corrected chi connectivity index (χ0v) is 14.3. The van der Waals surface area contributed by atoms with Gasteiger partial charge < -0.3 is 9.80 Å². The van der Waals surface area contributed by atoms with Crippen LogP contribution in [0.3, 0.4) is 0 Å². The van der Waals surface area contributed by atoms with E-state index < -0.39 is 0 Å². The first-order valence-electron chi connectivity index (χ1n) is 7.66.